The Morgan fingerprint density at radius 3 is 1.37 bits per heavy atom. The van der Waals surface area contributed by atoms with Gasteiger partial charge in [-0.05, 0) is 44.9 Å². The van der Waals surface area contributed by atoms with E-state index in [0.717, 1.165) is 57.8 Å². The van der Waals surface area contributed by atoms with E-state index in [-0.39, 0.29) is 25.6 Å². The largest absolute Gasteiger partial charge is 0.472 e. The third-order valence-corrected chi connectivity index (χ3v) is 11.7. The molecule has 1 unspecified atom stereocenters. The average molecular weight is 857 g/mol. The van der Waals surface area contributed by atoms with E-state index in [9.17, 15) is 19.0 Å². The number of quaternary nitrogens is 1. The monoisotopic (exact) mass is 857 g/mol. The van der Waals surface area contributed by atoms with Gasteiger partial charge in [-0.1, -0.05) is 192 Å². The van der Waals surface area contributed by atoms with E-state index in [4.69, 9.17) is 18.5 Å². The van der Waals surface area contributed by atoms with Crippen LogP contribution < -0.4 is 0 Å². The molecule has 0 aliphatic carbocycles. The van der Waals surface area contributed by atoms with Gasteiger partial charge in [0.05, 0.1) is 27.7 Å². The van der Waals surface area contributed by atoms with E-state index >= 15 is 0 Å². The molecule has 1 N–H and O–H groups in total. The number of unbranched alkanes of at least 4 members (excludes halogenated alkanes) is 27. The molecule has 0 fully saturated rings. The first-order valence-electron chi connectivity index (χ1n) is 24.6. The Morgan fingerprint density at radius 1 is 0.525 bits per heavy atom. The van der Waals surface area contributed by atoms with E-state index < -0.39 is 26.5 Å². The molecule has 0 aromatic heterocycles. The Bertz CT molecular complexity index is 1060. The van der Waals surface area contributed by atoms with Crippen molar-refractivity contribution in [2.75, 3.05) is 47.5 Å². The molecule has 0 amide bonds. The lowest BCUT2D eigenvalue weighted by Gasteiger charge is -2.24. The fourth-order valence-corrected chi connectivity index (χ4v) is 7.61. The molecule has 0 saturated carbocycles. The van der Waals surface area contributed by atoms with Gasteiger partial charge in [0.1, 0.15) is 19.8 Å². The number of phosphoric acid groups is 1. The maximum atomic E-state index is 12.7. The van der Waals surface area contributed by atoms with E-state index in [2.05, 4.69) is 38.2 Å². The molecule has 10 heteroatoms. The summed E-state index contributed by atoms with van der Waals surface area (Å²) in [6.45, 7) is 4.41. The van der Waals surface area contributed by atoms with E-state index in [0.29, 0.717) is 23.9 Å². The molecular formula is C49H95NO8P+. The van der Waals surface area contributed by atoms with Gasteiger partial charge in [-0.3, -0.25) is 18.6 Å². The number of carbonyl (C=O) groups excluding carboxylic acids is 2. The number of carbonyl (C=O) groups is 2. The summed E-state index contributed by atoms with van der Waals surface area (Å²) in [5, 5.41) is 0. The average Bonchev–Trinajstić information content (AvgIpc) is 3.19. The van der Waals surface area contributed by atoms with Gasteiger partial charge < -0.3 is 18.9 Å². The summed E-state index contributed by atoms with van der Waals surface area (Å²) < 4.78 is 34.4. The van der Waals surface area contributed by atoms with Crippen molar-refractivity contribution in [1.29, 1.82) is 0 Å². The predicted octanol–water partition coefficient (Wildman–Crippen LogP) is 14.3. The van der Waals surface area contributed by atoms with Gasteiger partial charge >= 0.3 is 19.8 Å². The van der Waals surface area contributed by atoms with Crippen LogP contribution in [0.5, 0.6) is 0 Å². The quantitative estimate of drug-likeness (QED) is 0.0212. The first-order valence-corrected chi connectivity index (χ1v) is 26.1. The van der Waals surface area contributed by atoms with Crippen molar-refractivity contribution in [3.8, 4) is 0 Å². The number of likely N-dealkylation sites (N-methyl/N-ethyl adjacent to an activating group) is 1. The molecule has 0 aliphatic heterocycles. The number of allylic oxidation sites excluding steroid dienone is 4. The first kappa shape index (κ1) is 57.5. The van der Waals surface area contributed by atoms with Crippen LogP contribution in [0.3, 0.4) is 0 Å². The number of phosphoric ester groups is 1. The van der Waals surface area contributed by atoms with Gasteiger partial charge in [0.15, 0.2) is 6.10 Å². The normalized spacial score (nSPS) is 13.7. The van der Waals surface area contributed by atoms with Crippen molar-refractivity contribution in [2.45, 2.75) is 232 Å². The molecule has 0 heterocycles. The Kier molecular flexibility index (Phi) is 40.8. The van der Waals surface area contributed by atoms with Crippen LogP contribution in [0.1, 0.15) is 226 Å². The second-order valence-corrected chi connectivity index (χ2v) is 19.3. The van der Waals surface area contributed by atoms with Crippen molar-refractivity contribution in [2.24, 2.45) is 0 Å². The minimum Gasteiger partial charge on any atom is -0.462 e. The van der Waals surface area contributed by atoms with Gasteiger partial charge in [-0.25, -0.2) is 4.57 Å². The van der Waals surface area contributed by atoms with Crippen molar-refractivity contribution in [3.05, 3.63) is 24.3 Å². The number of rotatable bonds is 45. The highest BCUT2D eigenvalue weighted by Gasteiger charge is 2.27. The number of ether oxygens (including phenoxy) is 2. The van der Waals surface area contributed by atoms with Crippen LogP contribution >= 0.6 is 7.82 Å². The molecule has 0 saturated heterocycles. The zero-order chi connectivity index (χ0) is 43.6. The molecule has 0 rings (SSSR count). The number of nitrogens with zero attached hydrogens (tertiary/aromatic N) is 1. The SMILES string of the molecule is CCCCC/C=C/C/C=C/CCCCCCCC(=O)O[C@H](COC(=O)CCCCCCCCCCCCCCCCCCCCCC)COP(=O)(O)OCC[N+](C)(C)C. The fraction of sp³-hybridized carbons (Fsp3) is 0.878. The van der Waals surface area contributed by atoms with Crippen molar-refractivity contribution in [3.63, 3.8) is 0 Å². The molecule has 348 valence electrons. The molecule has 0 aromatic carbocycles. The molecular weight excluding hydrogens is 762 g/mol. The zero-order valence-corrected chi connectivity index (χ0v) is 40.1. The minimum absolute atomic E-state index is 0.0308. The van der Waals surface area contributed by atoms with E-state index in [1.165, 1.54) is 135 Å². The summed E-state index contributed by atoms with van der Waals surface area (Å²) >= 11 is 0. The van der Waals surface area contributed by atoms with Crippen LogP contribution in [0.25, 0.3) is 0 Å². The highest BCUT2D eigenvalue weighted by atomic mass is 31.2. The highest BCUT2D eigenvalue weighted by molar-refractivity contribution is 7.47. The Labute approximate surface area is 364 Å². The van der Waals surface area contributed by atoms with Crippen LogP contribution in [0, 0.1) is 0 Å². The lowest BCUT2D eigenvalue weighted by molar-refractivity contribution is -0.870. The summed E-state index contributed by atoms with van der Waals surface area (Å²) in [6, 6.07) is 0. The van der Waals surface area contributed by atoms with Crippen molar-refractivity contribution >= 4 is 19.8 Å². The molecule has 0 spiro atoms. The predicted molar refractivity (Wildman–Crippen MR) is 247 cm³/mol. The van der Waals surface area contributed by atoms with E-state index in [1.54, 1.807) is 0 Å². The third kappa shape index (κ3) is 45.8. The smallest absolute Gasteiger partial charge is 0.462 e. The topological polar surface area (TPSA) is 108 Å². The first-order chi connectivity index (χ1) is 28.5. The third-order valence-electron chi connectivity index (χ3n) is 10.7. The zero-order valence-electron chi connectivity index (χ0n) is 39.2. The maximum Gasteiger partial charge on any atom is 0.472 e. The molecule has 9 nitrogen and oxygen atoms in total. The standard InChI is InChI=1S/C49H94NO8P/c1-6-8-10-12-14-16-18-20-22-23-24-25-26-28-29-31-33-35-37-39-41-48(51)55-45-47(46-57-59(53,54)56-44-43-50(3,4)5)58-49(52)42-40-38-36-34-32-30-27-21-19-17-15-13-11-9-7-2/h15,17,21,27,47H,6-14,16,18-20,22-26,28-46H2,1-5H3/p+1/b17-15+,27-21+/t47-/m1/s1. The van der Waals surface area contributed by atoms with Crippen LogP contribution in [0.4, 0.5) is 0 Å². The molecule has 0 aliphatic rings. The summed E-state index contributed by atoms with van der Waals surface area (Å²) in [7, 11) is 1.47. The number of esters is 2. The summed E-state index contributed by atoms with van der Waals surface area (Å²) in [4.78, 5) is 35.5. The van der Waals surface area contributed by atoms with Crippen LogP contribution in [-0.4, -0.2) is 74.9 Å². The molecule has 2 atom stereocenters. The Hall–Kier alpha value is -1.51. The van der Waals surface area contributed by atoms with Crippen LogP contribution in [-0.2, 0) is 32.7 Å². The molecule has 0 radical (unpaired) electrons. The van der Waals surface area contributed by atoms with Gasteiger partial charge in [0.25, 0.3) is 0 Å². The van der Waals surface area contributed by atoms with Crippen LogP contribution in [0.2, 0.25) is 0 Å². The minimum atomic E-state index is -4.38. The summed E-state index contributed by atoms with van der Waals surface area (Å²) in [5.74, 6) is -0.804. The van der Waals surface area contributed by atoms with Crippen molar-refractivity contribution < 1.29 is 42.1 Å². The van der Waals surface area contributed by atoms with Gasteiger partial charge in [-0.2, -0.15) is 0 Å². The second-order valence-electron chi connectivity index (χ2n) is 17.9. The number of hydrogen-bond donors (Lipinski definition) is 1. The van der Waals surface area contributed by atoms with Crippen LogP contribution in [0.15, 0.2) is 24.3 Å². The summed E-state index contributed by atoms with van der Waals surface area (Å²) in [5.41, 5.74) is 0. The second kappa shape index (κ2) is 41.8. The fourth-order valence-electron chi connectivity index (χ4n) is 6.87. The molecule has 0 aromatic rings. The van der Waals surface area contributed by atoms with Crippen molar-refractivity contribution in [1.82, 2.24) is 0 Å². The van der Waals surface area contributed by atoms with E-state index in [1.807, 2.05) is 21.1 Å². The highest BCUT2D eigenvalue weighted by Crippen LogP contribution is 2.43. The summed E-state index contributed by atoms with van der Waals surface area (Å²) in [6.07, 6.45) is 46.5. The van der Waals surface area contributed by atoms with Gasteiger partial charge in [0, 0.05) is 12.8 Å². The lowest BCUT2D eigenvalue weighted by atomic mass is 10.0. The van der Waals surface area contributed by atoms with Gasteiger partial charge in [-0.15, -0.1) is 0 Å². The number of hydrogen-bond acceptors (Lipinski definition) is 7. The molecule has 59 heavy (non-hydrogen) atoms. The maximum absolute atomic E-state index is 12.7. The van der Waals surface area contributed by atoms with Gasteiger partial charge in [0.2, 0.25) is 0 Å². The molecule has 0 bridgehead atoms. The lowest BCUT2D eigenvalue weighted by Crippen LogP contribution is -2.37. The Morgan fingerprint density at radius 2 is 0.915 bits per heavy atom. The Balaban J connectivity index is 4.25.